The molecular weight excluding hydrogens is 526 g/mol. The number of rotatable bonds is 8. The van der Waals surface area contributed by atoms with Crippen molar-refractivity contribution < 1.29 is 28.6 Å². The number of nitrogens with one attached hydrogen (secondary N) is 1. The van der Waals surface area contributed by atoms with Crippen molar-refractivity contribution in [1.29, 1.82) is 0 Å². The van der Waals surface area contributed by atoms with Gasteiger partial charge in [-0.3, -0.25) is 14.7 Å². The first-order chi connectivity index (χ1) is 18.2. The maximum atomic E-state index is 13.3. The molecule has 9 nitrogen and oxygen atoms in total. The van der Waals surface area contributed by atoms with Gasteiger partial charge in [-0.2, -0.15) is 0 Å². The second-order valence-electron chi connectivity index (χ2n) is 9.45. The predicted octanol–water partition coefficient (Wildman–Crippen LogP) is 4.53. The van der Waals surface area contributed by atoms with Gasteiger partial charge in [0.05, 0.1) is 12.6 Å². The number of nitrogens with zero attached hydrogens (tertiary/aromatic N) is 2. The summed E-state index contributed by atoms with van der Waals surface area (Å²) in [5, 5.41) is 2.20. The molecule has 38 heavy (non-hydrogen) atoms. The molecule has 1 fully saturated rings. The maximum Gasteiger partial charge on any atom is 0.408 e. The fourth-order valence-corrected chi connectivity index (χ4v) is 5.60. The molecule has 1 saturated heterocycles. The van der Waals surface area contributed by atoms with Crippen LogP contribution in [0.5, 0.6) is 5.75 Å². The van der Waals surface area contributed by atoms with Crippen molar-refractivity contribution in [1.82, 2.24) is 15.2 Å². The highest BCUT2D eigenvalue weighted by Crippen LogP contribution is 2.41. The zero-order valence-corrected chi connectivity index (χ0v) is 23.1. The van der Waals surface area contributed by atoms with Gasteiger partial charge < -0.3 is 19.5 Å². The average Bonchev–Trinajstić information content (AvgIpc) is 3.41. The Morgan fingerprint density at radius 3 is 2.58 bits per heavy atom. The van der Waals surface area contributed by atoms with Crippen molar-refractivity contribution >= 4 is 47.1 Å². The van der Waals surface area contributed by atoms with Crippen molar-refractivity contribution in [3.05, 3.63) is 75.9 Å². The van der Waals surface area contributed by atoms with Crippen molar-refractivity contribution in [2.24, 2.45) is 0 Å². The number of ether oxygens (including phenoxy) is 3. The van der Waals surface area contributed by atoms with Crippen LogP contribution >= 0.6 is 23.1 Å². The van der Waals surface area contributed by atoms with E-state index in [4.69, 9.17) is 14.2 Å². The Bertz CT molecular complexity index is 1260. The molecule has 3 heterocycles. The van der Waals surface area contributed by atoms with Gasteiger partial charge in [-0.15, -0.1) is 23.1 Å². The SMILES string of the molecule is COc1ccc(COC(=O)C2=C(/C=C/C=C/c3cncs3)CS[C@@H]3[C@H](NC(=O)OC(C)(C)C)C(=O)N23)cc1. The number of thiazole rings is 1. The molecule has 11 heteroatoms. The molecule has 2 aromatic rings. The first kappa shape index (κ1) is 27.5. The van der Waals surface area contributed by atoms with Crippen molar-refractivity contribution in [2.75, 3.05) is 12.9 Å². The molecule has 1 aromatic carbocycles. The maximum absolute atomic E-state index is 13.3. The molecule has 0 unspecified atom stereocenters. The molecular formula is C27H29N3O6S2. The standard InChI is InChI=1S/C27H29N3O6S2/c1-27(2,3)36-26(33)29-21-23(31)30-22(25(32)35-14-17-9-11-19(34-4)12-10-17)18(15-37-24(21)30)7-5-6-8-20-13-28-16-38-20/h5-13,16,21,24H,14-15H2,1-4H3,(H,29,33)/b7-5+,8-6+/t21-,24-/m1/s1. The highest BCUT2D eigenvalue weighted by molar-refractivity contribution is 8.00. The van der Waals surface area contributed by atoms with E-state index in [0.717, 1.165) is 10.4 Å². The van der Waals surface area contributed by atoms with Crippen LogP contribution in [-0.4, -0.2) is 57.7 Å². The van der Waals surface area contributed by atoms with Crippen LogP contribution in [0.25, 0.3) is 6.08 Å². The molecule has 1 N–H and O–H groups in total. The lowest BCUT2D eigenvalue weighted by molar-refractivity contribution is -0.152. The predicted molar refractivity (Wildman–Crippen MR) is 146 cm³/mol. The minimum Gasteiger partial charge on any atom is -0.497 e. The van der Waals surface area contributed by atoms with Gasteiger partial charge in [-0.25, -0.2) is 9.59 Å². The number of hydrogen-bond acceptors (Lipinski definition) is 9. The van der Waals surface area contributed by atoms with E-state index >= 15 is 0 Å². The third kappa shape index (κ3) is 6.65. The fraction of sp³-hybridized carbons (Fsp3) is 0.333. The summed E-state index contributed by atoms with van der Waals surface area (Å²) in [5.74, 6) is 0.152. The number of carbonyl (C=O) groups is 3. The first-order valence-electron chi connectivity index (χ1n) is 11.9. The van der Waals surface area contributed by atoms with Crippen LogP contribution in [0.2, 0.25) is 0 Å². The molecule has 0 saturated carbocycles. The van der Waals surface area contributed by atoms with E-state index in [0.29, 0.717) is 17.1 Å². The molecule has 2 aliphatic heterocycles. The number of methoxy groups -OCH3 is 1. The van der Waals surface area contributed by atoms with Crippen LogP contribution in [0.4, 0.5) is 4.79 Å². The van der Waals surface area contributed by atoms with Crippen LogP contribution in [0.15, 0.2) is 65.5 Å². The van der Waals surface area contributed by atoms with Gasteiger partial charge >= 0.3 is 12.1 Å². The summed E-state index contributed by atoms with van der Waals surface area (Å²) in [4.78, 5) is 45.2. The number of carbonyl (C=O) groups excluding carboxylic acids is 3. The highest BCUT2D eigenvalue weighted by Gasteiger charge is 2.54. The summed E-state index contributed by atoms with van der Waals surface area (Å²) >= 11 is 2.97. The lowest BCUT2D eigenvalue weighted by atomic mass is 10.0. The van der Waals surface area contributed by atoms with E-state index in [1.54, 1.807) is 69.9 Å². The molecule has 200 valence electrons. The summed E-state index contributed by atoms with van der Waals surface area (Å²) in [6.45, 7) is 5.28. The molecule has 0 radical (unpaired) electrons. The van der Waals surface area contributed by atoms with Gasteiger partial charge in [-0.05, 0) is 50.1 Å². The highest BCUT2D eigenvalue weighted by atomic mass is 32.2. The average molecular weight is 556 g/mol. The van der Waals surface area contributed by atoms with Crippen molar-refractivity contribution in [3.63, 3.8) is 0 Å². The minimum atomic E-state index is -0.795. The number of benzene rings is 1. The van der Waals surface area contributed by atoms with Gasteiger partial charge in [0.25, 0.3) is 5.91 Å². The van der Waals surface area contributed by atoms with E-state index < -0.39 is 35.0 Å². The van der Waals surface area contributed by atoms with Crippen LogP contribution in [0.3, 0.4) is 0 Å². The van der Waals surface area contributed by atoms with Gasteiger partial charge in [-0.1, -0.05) is 30.4 Å². The second-order valence-corrected chi connectivity index (χ2v) is 11.5. The summed E-state index contributed by atoms with van der Waals surface area (Å²) in [7, 11) is 1.58. The Kier molecular flexibility index (Phi) is 8.58. The van der Waals surface area contributed by atoms with Gasteiger partial charge in [0, 0.05) is 16.8 Å². The Hall–Kier alpha value is -3.57. The smallest absolute Gasteiger partial charge is 0.408 e. The number of hydrogen-bond donors (Lipinski definition) is 1. The molecule has 4 rings (SSSR count). The molecule has 2 aliphatic rings. The number of β-lactam (4-membered cyclic amide) rings is 1. The summed E-state index contributed by atoms with van der Waals surface area (Å²) in [6, 6.07) is 6.38. The number of aromatic nitrogens is 1. The van der Waals surface area contributed by atoms with E-state index in [1.165, 1.54) is 28.0 Å². The fourth-order valence-electron chi connectivity index (χ4n) is 3.76. The molecule has 0 spiro atoms. The largest absolute Gasteiger partial charge is 0.497 e. The normalized spacial score (nSPS) is 19.4. The number of thioether (sulfide) groups is 1. The second kappa shape index (κ2) is 11.9. The number of allylic oxidation sites excluding steroid dienone is 3. The Morgan fingerprint density at radius 2 is 1.92 bits per heavy atom. The quantitative estimate of drug-likeness (QED) is 0.288. The van der Waals surface area contributed by atoms with Crippen molar-refractivity contribution in [2.45, 2.75) is 44.4 Å². The monoisotopic (exact) mass is 555 g/mol. The number of esters is 1. The molecule has 0 bridgehead atoms. The number of alkyl carbamates (subject to hydrolysis) is 1. The summed E-state index contributed by atoms with van der Waals surface area (Å²) in [5.41, 5.74) is 2.67. The molecule has 2 atom stereocenters. The van der Waals surface area contributed by atoms with Crippen LogP contribution in [-0.2, 0) is 25.7 Å². The lowest BCUT2D eigenvalue weighted by Gasteiger charge is -2.49. The number of amides is 2. The van der Waals surface area contributed by atoms with Gasteiger partial charge in [0.1, 0.15) is 35.1 Å². The summed E-state index contributed by atoms with van der Waals surface area (Å²) < 4.78 is 16.1. The Morgan fingerprint density at radius 1 is 1.18 bits per heavy atom. The van der Waals surface area contributed by atoms with Crippen LogP contribution in [0.1, 0.15) is 31.2 Å². The third-order valence-corrected chi connectivity index (χ3v) is 7.56. The third-order valence-electron chi connectivity index (χ3n) is 5.51. The zero-order chi connectivity index (χ0) is 27.3. The van der Waals surface area contributed by atoms with E-state index in [9.17, 15) is 14.4 Å². The van der Waals surface area contributed by atoms with Gasteiger partial charge in [0.15, 0.2) is 0 Å². The van der Waals surface area contributed by atoms with E-state index in [-0.39, 0.29) is 12.3 Å². The molecule has 2 amide bonds. The lowest BCUT2D eigenvalue weighted by Crippen LogP contribution is -2.70. The summed E-state index contributed by atoms with van der Waals surface area (Å²) in [6.07, 6.45) is 8.45. The number of fused-ring (bicyclic) bond motifs is 1. The van der Waals surface area contributed by atoms with Crippen LogP contribution in [0, 0.1) is 0 Å². The topological polar surface area (TPSA) is 107 Å². The minimum absolute atomic E-state index is 0.0357. The van der Waals surface area contributed by atoms with E-state index in [2.05, 4.69) is 10.3 Å². The molecule has 0 aliphatic carbocycles. The Balaban J connectivity index is 1.52. The van der Waals surface area contributed by atoms with Crippen LogP contribution < -0.4 is 10.1 Å². The Labute approximate surface area is 229 Å². The first-order valence-corrected chi connectivity index (χ1v) is 13.8. The van der Waals surface area contributed by atoms with Crippen molar-refractivity contribution in [3.8, 4) is 5.75 Å². The van der Waals surface area contributed by atoms with Gasteiger partial charge in [0.2, 0.25) is 0 Å². The zero-order valence-electron chi connectivity index (χ0n) is 21.5. The van der Waals surface area contributed by atoms with E-state index in [1.807, 2.05) is 18.2 Å². The molecule has 1 aromatic heterocycles.